The lowest BCUT2D eigenvalue weighted by Gasteiger charge is -2.32. The summed E-state index contributed by atoms with van der Waals surface area (Å²) >= 11 is 0. The molecule has 2 heterocycles. The van der Waals surface area contributed by atoms with Gasteiger partial charge in [0.15, 0.2) is 0 Å². The van der Waals surface area contributed by atoms with Crippen LogP contribution in [0.3, 0.4) is 0 Å². The van der Waals surface area contributed by atoms with Gasteiger partial charge in [-0.1, -0.05) is 30.3 Å². The number of ether oxygens (including phenoxy) is 2. The molecule has 0 saturated heterocycles. The van der Waals surface area contributed by atoms with E-state index in [1.165, 1.54) is 10.5 Å². The van der Waals surface area contributed by atoms with Crippen molar-refractivity contribution in [1.82, 2.24) is 4.90 Å². The van der Waals surface area contributed by atoms with Gasteiger partial charge >= 0.3 is 0 Å². The summed E-state index contributed by atoms with van der Waals surface area (Å²) in [4.78, 5) is 30.1. The number of nitrogens with zero attached hydrogens (tertiary/aromatic N) is 2. The number of carbonyl (C=O) groups is 2. The van der Waals surface area contributed by atoms with E-state index in [0.717, 1.165) is 24.3 Å². The molecule has 0 bridgehead atoms. The van der Waals surface area contributed by atoms with Crippen LogP contribution in [0.2, 0.25) is 0 Å². The molecule has 0 N–H and O–H groups in total. The number of fused-ring (bicyclic) bond motifs is 1. The van der Waals surface area contributed by atoms with Gasteiger partial charge in [0.05, 0.1) is 24.8 Å². The van der Waals surface area contributed by atoms with E-state index in [-0.39, 0.29) is 24.5 Å². The highest BCUT2D eigenvalue weighted by Crippen LogP contribution is 2.38. The van der Waals surface area contributed by atoms with Crippen LogP contribution in [0.15, 0.2) is 54.2 Å². The monoisotopic (exact) mass is 420 g/mol. The summed E-state index contributed by atoms with van der Waals surface area (Å²) in [6.07, 6.45) is 1.95. The standard InChI is InChI=1S/C25H28N2O4/c1-17(2)31-20-12-10-19(11-13-20)22-23(25(29)27(24(22)28)15-16-30-3)26-14-6-8-18-7-4-5-9-21(18)26/h4-5,7,9-13,17H,6,8,14-16H2,1-3H3. The number of carbonyl (C=O) groups excluding carboxylic acids is 2. The number of benzene rings is 2. The number of hydrogen-bond donors (Lipinski definition) is 0. The Labute approximate surface area is 183 Å². The van der Waals surface area contributed by atoms with Crippen LogP contribution in [0.25, 0.3) is 5.57 Å². The number of rotatable bonds is 7. The average molecular weight is 421 g/mol. The zero-order valence-corrected chi connectivity index (χ0v) is 18.3. The molecule has 0 unspecified atom stereocenters. The van der Waals surface area contributed by atoms with Crippen LogP contribution in [0.1, 0.15) is 31.4 Å². The van der Waals surface area contributed by atoms with Crippen molar-refractivity contribution in [3.05, 3.63) is 65.4 Å². The Morgan fingerprint density at radius 2 is 1.74 bits per heavy atom. The minimum Gasteiger partial charge on any atom is -0.491 e. The molecule has 4 rings (SSSR count). The Hall–Kier alpha value is -3.12. The molecule has 2 aromatic carbocycles. The number of methoxy groups -OCH3 is 1. The lowest BCUT2D eigenvalue weighted by molar-refractivity contribution is -0.137. The fraction of sp³-hybridized carbons (Fsp3) is 0.360. The summed E-state index contributed by atoms with van der Waals surface area (Å²) in [6.45, 7) is 5.16. The van der Waals surface area contributed by atoms with Gasteiger partial charge in [0.1, 0.15) is 11.4 Å². The van der Waals surface area contributed by atoms with Crippen LogP contribution in [0.5, 0.6) is 5.75 Å². The van der Waals surface area contributed by atoms with Crippen LogP contribution in [-0.2, 0) is 20.7 Å². The van der Waals surface area contributed by atoms with Crippen LogP contribution in [0, 0.1) is 0 Å². The first-order valence-corrected chi connectivity index (χ1v) is 10.7. The summed E-state index contributed by atoms with van der Waals surface area (Å²) < 4.78 is 10.9. The average Bonchev–Trinajstić information content (AvgIpc) is 3.01. The summed E-state index contributed by atoms with van der Waals surface area (Å²) in [7, 11) is 1.56. The maximum absolute atomic E-state index is 13.5. The Morgan fingerprint density at radius 3 is 2.45 bits per heavy atom. The lowest BCUT2D eigenvalue weighted by atomic mass is 9.98. The fourth-order valence-corrected chi connectivity index (χ4v) is 4.20. The Morgan fingerprint density at radius 1 is 1.00 bits per heavy atom. The molecule has 2 aromatic rings. The smallest absolute Gasteiger partial charge is 0.278 e. The SMILES string of the molecule is COCCN1C(=O)C(c2ccc(OC(C)C)cc2)=C(N2CCCc3ccccc32)C1=O. The zero-order chi connectivity index (χ0) is 22.0. The van der Waals surface area contributed by atoms with Gasteiger partial charge in [0, 0.05) is 19.3 Å². The fourth-order valence-electron chi connectivity index (χ4n) is 4.20. The van der Waals surface area contributed by atoms with Crippen molar-refractivity contribution >= 4 is 23.1 Å². The maximum atomic E-state index is 13.5. The number of para-hydroxylation sites is 1. The van der Waals surface area contributed by atoms with E-state index in [0.29, 0.717) is 30.0 Å². The molecular formula is C25H28N2O4. The molecule has 6 heteroatoms. The number of aryl methyl sites for hydroxylation is 1. The van der Waals surface area contributed by atoms with Gasteiger partial charge in [-0.15, -0.1) is 0 Å². The molecule has 0 saturated carbocycles. The van der Waals surface area contributed by atoms with Gasteiger partial charge in [-0.05, 0) is 56.0 Å². The highest BCUT2D eigenvalue weighted by molar-refractivity contribution is 6.36. The van der Waals surface area contributed by atoms with Crippen LogP contribution < -0.4 is 9.64 Å². The Bertz CT molecular complexity index is 1010. The summed E-state index contributed by atoms with van der Waals surface area (Å²) in [5, 5.41) is 0. The van der Waals surface area contributed by atoms with Gasteiger partial charge in [-0.2, -0.15) is 0 Å². The van der Waals surface area contributed by atoms with Crippen LogP contribution >= 0.6 is 0 Å². The van der Waals surface area contributed by atoms with Crippen molar-refractivity contribution in [2.75, 3.05) is 31.7 Å². The second-order valence-electron chi connectivity index (χ2n) is 8.05. The quantitative estimate of drug-likeness (QED) is 0.640. The first-order chi connectivity index (χ1) is 15.0. The summed E-state index contributed by atoms with van der Waals surface area (Å²) in [5.41, 5.74) is 3.79. The van der Waals surface area contributed by atoms with Crippen molar-refractivity contribution in [2.24, 2.45) is 0 Å². The molecule has 0 fully saturated rings. The van der Waals surface area contributed by atoms with Crippen LogP contribution in [-0.4, -0.2) is 49.6 Å². The summed E-state index contributed by atoms with van der Waals surface area (Å²) in [6, 6.07) is 15.5. The van der Waals surface area contributed by atoms with E-state index in [2.05, 4.69) is 6.07 Å². The largest absolute Gasteiger partial charge is 0.491 e. The van der Waals surface area contributed by atoms with E-state index in [1.54, 1.807) is 7.11 Å². The highest BCUT2D eigenvalue weighted by atomic mass is 16.5. The third kappa shape index (κ3) is 4.08. The zero-order valence-electron chi connectivity index (χ0n) is 18.3. The van der Waals surface area contributed by atoms with Gasteiger partial charge < -0.3 is 14.4 Å². The number of anilines is 1. The topological polar surface area (TPSA) is 59.1 Å². The van der Waals surface area contributed by atoms with E-state index >= 15 is 0 Å². The van der Waals surface area contributed by atoms with Crippen molar-refractivity contribution in [1.29, 1.82) is 0 Å². The third-order valence-electron chi connectivity index (χ3n) is 5.56. The molecule has 6 nitrogen and oxygen atoms in total. The van der Waals surface area contributed by atoms with Gasteiger partial charge in [-0.3, -0.25) is 14.5 Å². The normalized spacial score (nSPS) is 16.4. The first kappa shape index (κ1) is 21.1. The maximum Gasteiger partial charge on any atom is 0.278 e. The number of amides is 2. The van der Waals surface area contributed by atoms with Crippen molar-refractivity contribution in [3.63, 3.8) is 0 Å². The van der Waals surface area contributed by atoms with Crippen molar-refractivity contribution in [2.45, 2.75) is 32.8 Å². The first-order valence-electron chi connectivity index (χ1n) is 10.7. The van der Waals surface area contributed by atoms with Gasteiger partial charge in [0.2, 0.25) is 0 Å². The number of imide groups is 1. The molecule has 162 valence electrons. The van der Waals surface area contributed by atoms with Gasteiger partial charge in [0.25, 0.3) is 11.8 Å². The summed E-state index contributed by atoms with van der Waals surface area (Å²) in [5.74, 6) is 0.186. The van der Waals surface area contributed by atoms with E-state index in [1.807, 2.05) is 61.2 Å². The second-order valence-corrected chi connectivity index (χ2v) is 8.05. The number of hydrogen-bond acceptors (Lipinski definition) is 5. The molecule has 31 heavy (non-hydrogen) atoms. The Kier molecular flexibility index (Phi) is 6.09. The predicted octanol–water partition coefficient (Wildman–Crippen LogP) is 3.65. The van der Waals surface area contributed by atoms with E-state index < -0.39 is 0 Å². The highest BCUT2D eigenvalue weighted by Gasteiger charge is 2.42. The minimum atomic E-state index is -0.280. The predicted molar refractivity (Wildman–Crippen MR) is 120 cm³/mol. The lowest BCUT2D eigenvalue weighted by Crippen LogP contribution is -2.38. The molecule has 2 aliphatic heterocycles. The van der Waals surface area contributed by atoms with E-state index in [4.69, 9.17) is 9.47 Å². The molecule has 0 atom stereocenters. The molecule has 0 spiro atoms. The Balaban J connectivity index is 1.80. The molecule has 0 aliphatic carbocycles. The molecule has 0 aromatic heterocycles. The minimum absolute atomic E-state index is 0.0599. The molecule has 2 aliphatic rings. The third-order valence-corrected chi connectivity index (χ3v) is 5.56. The van der Waals surface area contributed by atoms with Crippen LogP contribution in [0.4, 0.5) is 5.69 Å². The van der Waals surface area contributed by atoms with Gasteiger partial charge in [-0.25, -0.2) is 0 Å². The molecule has 2 amide bonds. The van der Waals surface area contributed by atoms with E-state index in [9.17, 15) is 9.59 Å². The molecule has 0 radical (unpaired) electrons. The molecular weight excluding hydrogens is 392 g/mol. The second kappa shape index (κ2) is 8.94. The van der Waals surface area contributed by atoms with Crippen molar-refractivity contribution in [3.8, 4) is 5.75 Å². The van der Waals surface area contributed by atoms with Crippen molar-refractivity contribution < 1.29 is 19.1 Å².